The molecule has 126 valence electrons. The summed E-state index contributed by atoms with van der Waals surface area (Å²) < 4.78 is 90.4. The van der Waals surface area contributed by atoms with Crippen LogP contribution in [0.25, 0.3) is 0 Å². The number of sulfone groups is 1. The summed E-state index contributed by atoms with van der Waals surface area (Å²) in [5.41, 5.74) is 0.347. The smallest absolute Gasteiger partial charge is 0.263 e. The van der Waals surface area contributed by atoms with Crippen molar-refractivity contribution in [3.05, 3.63) is 35.9 Å². The molecule has 0 aromatic heterocycles. The van der Waals surface area contributed by atoms with E-state index in [4.69, 9.17) is 9.11 Å². The van der Waals surface area contributed by atoms with Gasteiger partial charge in [-0.1, -0.05) is 30.3 Å². The Morgan fingerprint density at radius 2 is 1.32 bits per heavy atom. The molecule has 1 aromatic carbocycles. The van der Waals surface area contributed by atoms with Crippen molar-refractivity contribution in [3.63, 3.8) is 0 Å². The first-order chi connectivity index (χ1) is 9.86. The topological polar surface area (TPSA) is 161 Å². The lowest BCUT2D eigenvalue weighted by atomic mass is 10.2. The number of benzene rings is 1. The van der Waals surface area contributed by atoms with Gasteiger partial charge < -0.3 is 0 Å². The van der Waals surface area contributed by atoms with E-state index in [0.717, 1.165) is 0 Å². The molecule has 0 saturated heterocycles. The predicted octanol–water partition coefficient (Wildman–Crippen LogP) is -0.434. The van der Waals surface area contributed by atoms with Crippen LogP contribution in [0.15, 0.2) is 30.3 Å². The average molecular weight is 376 g/mol. The molecule has 0 bridgehead atoms. The molecule has 0 heterocycles. The first-order valence-electron chi connectivity index (χ1n) is 5.42. The van der Waals surface area contributed by atoms with Gasteiger partial charge in [-0.25, -0.2) is 16.8 Å². The first-order valence-corrected chi connectivity index (χ1v) is 9.97. The molecule has 0 aliphatic carbocycles. The predicted molar refractivity (Wildman–Crippen MR) is 73.0 cm³/mol. The van der Waals surface area contributed by atoms with E-state index < -0.39 is 48.4 Å². The molecule has 0 amide bonds. The van der Waals surface area contributed by atoms with Crippen molar-refractivity contribution in [2.75, 3.05) is 5.75 Å². The van der Waals surface area contributed by atoms with Crippen molar-refractivity contribution >= 4 is 30.6 Å². The van der Waals surface area contributed by atoms with Gasteiger partial charge in [0.05, 0.1) is 5.75 Å². The fourth-order valence-corrected chi connectivity index (χ4v) is 3.79. The van der Waals surface area contributed by atoms with Crippen LogP contribution in [0.5, 0.6) is 0 Å². The number of hydrogen-bond donors (Lipinski definition) is 2. The Balaban J connectivity index is 2.92. The van der Waals surface area contributed by atoms with Gasteiger partial charge in [-0.2, -0.15) is 16.8 Å². The summed E-state index contributed by atoms with van der Waals surface area (Å²) in [5.74, 6) is -1.80. The fraction of sp³-hybridized carbons (Fsp3) is 0.333. The molecule has 0 unspecified atom stereocenters. The minimum atomic E-state index is -5.21. The molecule has 0 radical (unpaired) electrons. The second kappa shape index (κ2) is 6.99. The molecule has 0 fully saturated rings. The highest BCUT2D eigenvalue weighted by Gasteiger charge is 2.29. The van der Waals surface area contributed by atoms with Crippen LogP contribution >= 0.6 is 0 Å². The zero-order valence-corrected chi connectivity index (χ0v) is 13.2. The molecule has 1 aromatic rings. The van der Waals surface area contributed by atoms with Gasteiger partial charge in [0.25, 0.3) is 0 Å². The molecular weight excluding hydrogens is 364 g/mol. The maximum atomic E-state index is 11.9. The van der Waals surface area contributed by atoms with E-state index in [1.807, 2.05) is 0 Å². The highest BCUT2D eigenvalue weighted by molar-refractivity contribution is 7.90. The third-order valence-electron chi connectivity index (χ3n) is 2.08. The Morgan fingerprint density at radius 3 is 1.73 bits per heavy atom. The van der Waals surface area contributed by atoms with E-state index in [1.54, 1.807) is 18.2 Å². The summed E-state index contributed by atoms with van der Waals surface area (Å²) in [6.07, 6.45) is -2.46. The number of rotatable bonds is 8. The summed E-state index contributed by atoms with van der Waals surface area (Å²) in [6.45, 7) is 0. The molecule has 13 heteroatoms. The molecule has 0 saturated carbocycles. The molecule has 22 heavy (non-hydrogen) atoms. The van der Waals surface area contributed by atoms with Crippen LogP contribution in [0.2, 0.25) is 0 Å². The van der Waals surface area contributed by atoms with Crippen LogP contribution in [-0.2, 0) is 44.8 Å². The van der Waals surface area contributed by atoms with Crippen molar-refractivity contribution < 1.29 is 42.7 Å². The monoisotopic (exact) mass is 376 g/mol. The molecular formula is C9H12O10S3. The van der Waals surface area contributed by atoms with Crippen molar-refractivity contribution in [2.24, 2.45) is 0 Å². The highest BCUT2D eigenvalue weighted by Crippen LogP contribution is 2.12. The Hall–Kier alpha value is -1.09. The summed E-state index contributed by atoms with van der Waals surface area (Å²) in [6, 6.07) is 7.71. The molecule has 0 aliphatic rings. The van der Waals surface area contributed by atoms with Gasteiger partial charge in [0.1, 0.15) is 5.75 Å². The van der Waals surface area contributed by atoms with Gasteiger partial charge in [0.2, 0.25) is 6.29 Å². The van der Waals surface area contributed by atoms with Crippen LogP contribution in [-0.4, -0.2) is 46.4 Å². The SMILES string of the molecule is O=S(=O)(Cc1ccccc1)CC(OS(=O)(=O)O)OS(=O)(=O)O. The van der Waals surface area contributed by atoms with Crippen LogP contribution in [0.1, 0.15) is 5.56 Å². The molecule has 10 nitrogen and oxygen atoms in total. The average Bonchev–Trinajstić information content (AvgIpc) is 2.23. The lowest BCUT2D eigenvalue weighted by molar-refractivity contribution is 0.0185. The Bertz CT molecular complexity index is 760. The summed E-state index contributed by atoms with van der Waals surface area (Å²) in [4.78, 5) is 0. The Labute approximate surface area is 127 Å². The van der Waals surface area contributed by atoms with Crippen LogP contribution < -0.4 is 0 Å². The van der Waals surface area contributed by atoms with Crippen molar-refractivity contribution in [1.29, 1.82) is 0 Å². The maximum Gasteiger partial charge on any atom is 0.399 e. The lowest BCUT2D eigenvalue weighted by Gasteiger charge is -2.14. The van der Waals surface area contributed by atoms with Crippen LogP contribution in [0, 0.1) is 0 Å². The third-order valence-corrected chi connectivity index (χ3v) is 4.55. The third kappa shape index (κ3) is 8.38. The molecule has 1 rings (SSSR count). The van der Waals surface area contributed by atoms with Gasteiger partial charge in [0, 0.05) is 0 Å². The van der Waals surface area contributed by atoms with Crippen molar-refractivity contribution in [2.45, 2.75) is 12.0 Å². The second-order valence-electron chi connectivity index (χ2n) is 4.02. The van der Waals surface area contributed by atoms with Gasteiger partial charge in [0.15, 0.2) is 9.84 Å². The van der Waals surface area contributed by atoms with Crippen molar-refractivity contribution in [3.8, 4) is 0 Å². The van der Waals surface area contributed by atoms with E-state index in [9.17, 15) is 25.3 Å². The largest absolute Gasteiger partial charge is 0.399 e. The standard InChI is InChI=1S/C9H12O10S3/c10-20(11,6-8-4-2-1-3-5-8)7-9(18-21(12,13)14)19-22(15,16)17/h1-5,9H,6-7H2,(H,12,13,14)(H,15,16,17). The normalized spacial score (nSPS) is 13.4. The summed E-state index contributed by atoms with van der Waals surface area (Å²) in [7, 11) is -14.5. The molecule has 0 aliphatic heterocycles. The van der Waals surface area contributed by atoms with Gasteiger partial charge >= 0.3 is 20.8 Å². The lowest BCUT2D eigenvalue weighted by Crippen LogP contribution is -2.32. The van der Waals surface area contributed by atoms with E-state index in [-0.39, 0.29) is 0 Å². The zero-order valence-electron chi connectivity index (χ0n) is 10.8. The summed E-state index contributed by atoms with van der Waals surface area (Å²) >= 11 is 0. The molecule has 2 N–H and O–H groups in total. The van der Waals surface area contributed by atoms with Gasteiger partial charge in [-0.3, -0.25) is 9.11 Å². The number of hydrogen-bond acceptors (Lipinski definition) is 8. The van der Waals surface area contributed by atoms with Gasteiger partial charge in [-0.15, -0.1) is 0 Å². The van der Waals surface area contributed by atoms with Gasteiger partial charge in [-0.05, 0) is 5.56 Å². The molecule has 0 atom stereocenters. The second-order valence-corrected chi connectivity index (χ2v) is 8.22. The van der Waals surface area contributed by atoms with Crippen LogP contribution in [0.4, 0.5) is 0 Å². The first kappa shape index (κ1) is 19.0. The zero-order chi connectivity index (χ0) is 17.0. The minimum absolute atomic E-state index is 0.347. The highest BCUT2D eigenvalue weighted by atomic mass is 32.3. The Morgan fingerprint density at radius 1 is 0.864 bits per heavy atom. The maximum absolute atomic E-state index is 11.9. The fourth-order valence-electron chi connectivity index (χ4n) is 1.44. The Kier molecular flexibility index (Phi) is 6.03. The van der Waals surface area contributed by atoms with E-state index in [1.165, 1.54) is 12.1 Å². The van der Waals surface area contributed by atoms with E-state index in [2.05, 4.69) is 8.37 Å². The van der Waals surface area contributed by atoms with Crippen LogP contribution in [0.3, 0.4) is 0 Å². The van der Waals surface area contributed by atoms with E-state index in [0.29, 0.717) is 5.56 Å². The van der Waals surface area contributed by atoms with E-state index >= 15 is 0 Å². The quantitative estimate of drug-likeness (QED) is 0.449. The minimum Gasteiger partial charge on any atom is -0.263 e. The summed E-state index contributed by atoms with van der Waals surface area (Å²) in [5, 5.41) is 0. The van der Waals surface area contributed by atoms with Crippen molar-refractivity contribution in [1.82, 2.24) is 0 Å². The molecule has 0 spiro atoms.